The van der Waals surface area contributed by atoms with Gasteiger partial charge in [-0.15, -0.1) is 0 Å². The Morgan fingerprint density at radius 2 is 1.91 bits per heavy atom. The minimum Gasteiger partial charge on any atom is -0.378 e. The highest BCUT2D eigenvalue weighted by molar-refractivity contribution is 5.87. The Morgan fingerprint density at radius 3 is 2.70 bits per heavy atom. The lowest BCUT2D eigenvalue weighted by molar-refractivity contribution is 0.122. The number of nitrogens with zero attached hydrogens (tertiary/aromatic N) is 4. The summed E-state index contributed by atoms with van der Waals surface area (Å²) in [5, 5.41) is 0. The minimum absolute atomic E-state index is 0.144. The molecular formula is C15H15FN6O. The number of hydrogen-bond acceptors (Lipinski definition) is 6. The van der Waals surface area contributed by atoms with Gasteiger partial charge < -0.3 is 20.4 Å². The molecule has 0 atom stereocenters. The average molecular weight is 314 g/mol. The number of halogens is 1. The summed E-state index contributed by atoms with van der Waals surface area (Å²) in [6.45, 7) is 2.67. The summed E-state index contributed by atoms with van der Waals surface area (Å²) >= 11 is 0. The van der Waals surface area contributed by atoms with Gasteiger partial charge in [-0.05, 0) is 12.1 Å². The molecule has 1 saturated heterocycles. The molecule has 3 aromatic rings. The smallest absolute Gasteiger partial charge is 0.224 e. The fourth-order valence-electron chi connectivity index (χ4n) is 2.68. The number of nitrogen functional groups attached to an aromatic ring is 1. The van der Waals surface area contributed by atoms with E-state index in [0.29, 0.717) is 54.7 Å². The first-order chi connectivity index (χ1) is 11.2. The number of nitrogens with two attached hydrogens (primary N) is 1. The standard InChI is InChI=1S/C15H15FN6O/c16-10-4-2-1-3-9(10)12-18-11-13(19-12)20-15(17)21-14(11)22-5-7-23-8-6-22/h1-4H,5-8H2,(H3,17,18,19,20,21). The van der Waals surface area contributed by atoms with Gasteiger partial charge >= 0.3 is 0 Å². The quantitative estimate of drug-likeness (QED) is 0.746. The number of nitrogens with one attached hydrogen (secondary N) is 1. The summed E-state index contributed by atoms with van der Waals surface area (Å²) in [5.41, 5.74) is 7.27. The Hall–Kier alpha value is -2.74. The van der Waals surface area contributed by atoms with Crippen LogP contribution in [0.4, 0.5) is 16.2 Å². The van der Waals surface area contributed by atoms with Gasteiger partial charge in [0.2, 0.25) is 5.95 Å². The maximum atomic E-state index is 14.0. The molecule has 1 aliphatic heterocycles. The molecule has 23 heavy (non-hydrogen) atoms. The monoisotopic (exact) mass is 314 g/mol. The highest BCUT2D eigenvalue weighted by atomic mass is 19.1. The Bertz CT molecular complexity index is 858. The second-order valence-corrected chi connectivity index (χ2v) is 5.27. The fraction of sp³-hybridized carbons (Fsp3) is 0.267. The molecule has 4 rings (SSSR count). The summed E-state index contributed by atoms with van der Waals surface area (Å²) < 4.78 is 19.4. The third-order valence-electron chi connectivity index (χ3n) is 3.79. The van der Waals surface area contributed by atoms with Gasteiger partial charge in [0, 0.05) is 13.1 Å². The molecule has 3 N–H and O–H groups in total. The van der Waals surface area contributed by atoms with Crippen molar-refractivity contribution in [3.8, 4) is 11.4 Å². The number of H-pyrrole nitrogens is 1. The van der Waals surface area contributed by atoms with E-state index >= 15 is 0 Å². The first-order valence-electron chi connectivity index (χ1n) is 7.33. The topological polar surface area (TPSA) is 92.9 Å². The summed E-state index contributed by atoms with van der Waals surface area (Å²) in [5.74, 6) is 0.879. The van der Waals surface area contributed by atoms with E-state index in [-0.39, 0.29) is 11.8 Å². The Labute approximate surface area is 131 Å². The molecule has 118 valence electrons. The number of morpholine rings is 1. The van der Waals surface area contributed by atoms with Gasteiger partial charge in [-0.3, -0.25) is 0 Å². The number of imidazole rings is 1. The van der Waals surface area contributed by atoms with Crippen LogP contribution in [0.5, 0.6) is 0 Å². The number of anilines is 2. The van der Waals surface area contributed by atoms with E-state index in [0.717, 1.165) is 0 Å². The van der Waals surface area contributed by atoms with Crippen LogP contribution >= 0.6 is 0 Å². The van der Waals surface area contributed by atoms with E-state index in [1.54, 1.807) is 18.2 Å². The van der Waals surface area contributed by atoms with Crippen molar-refractivity contribution in [2.45, 2.75) is 0 Å². The molecule has 1 aromatic carbocycles. The largest absolute Gasteiger partial charge is 0.378 e. The molecule has 7 nitrogen and oxygen atoms in total. The van der Waals surface area contributed by atoms with Crippen LogP contribution in [0.25, 0.3) is 22.6 Å². The summed E-state index contributed by atoms with van der Waals surface area (Å²) in [7, 11) is 0. The van der Waals surface area contributed by atoms with Crippen LogP contribution < -0.4 is 10.6 Å². The predicted octanol–water partition coefficient (Wildman–Crippen LogP) is 1.58. The maximum Gasteiger partial charge on any atom is 0.224 e. The number of fused-ring (bicyclic) bond motifs is 1. The second kappa shape index (κ2) is 5.47. The van der Waals surface area contributed by atoms with E-state index in [1.807, 2.05) is 0 Å². The minimum atomic E-state index is -0.347. The number of aromatic nitrogens is 4. The van der Waals surface area contributed by atoms with Crippen LogP contribution in [-0.4, -0.2) is 46.2 Å². The SMILES string of the molecule is Nc1nc(N2CCOCC2)c2[nH]c(-c3ccccc3F)nc2n1. The zero-order valence-electron chi connectivity index (χ0n) is 12.3. The van der Waals surface area contributed by atoms with Crippen LogP contribution in [0, 0.1) is 5.82 Å². The van der Waals surface area contributed by atoms with Crippen molar-refractivity contribution in [1.29, 1.82) is 0 Å². The van der Waals surface area contributed by atoms with Gasteiger partial charge in [0.05, 0.1) is 18.8 Å². The molecule has 8 heteroatoms. The summed E-state index contributed by atoms with van der Waals surface area (Å²) in [4.78, 5) is 18.0. The van der Waals surface area contributed by atoms with Crippen molar-refractivity contribution in [1.82, 2.24) is 19.9 Å². The summed E-state index contributed by atoms with van der Waals surface area (Å²) in [6, 6.07) is 6.46. The molecule has 0 bridgehead atoms. The third-order valence-corrected chi connectivity index (χ3v) is 3.79. The van der Waals surface area contributed by atoms with Crippen molar-refractivity contribution >= 4 is 22.9 Å². The summed E-state index contributed by atoms with van der Waals surface area (Å²) in [6.07, 6.45) is 0. The first-order valence-corrected chi connectivity index (χ1v) is 7.33. The first kappa shape index (κ1) is 13.9. The molecule has 0 saturated carbocycles. The Morgan fingerprint density at radius 1 is 1.13 bits per heavy atom. The van der Waals surface area contributed by atoms with Crippen molar-refractivity contribution < 1.29 is 9.13 Å². The lowest BCUT2D eigenvalue weighted by Gasteiger charge is -2.27. The van der Waals surface area contributed by atoms with Crippen molar-refractivity contribution in [3.05, 3.63) is 30.1 Å². The van der Waals surface area contributed by atoms with E-state index < -0.39 is 0 Å². The third kappa shape index (κ3) is 2.46. The molecule has 0 spiro atoms. The Balaban J connectivity index is 1.86. The lowest BCUT2D eigenvalue weighted by atomic mass is 10.2. The van der Waals surface area contributed by atoms with Crippen LogP contribution in [0.3, 0.4) is 0 Å². The molecule has 0 radical (unpaired) electrons. The normalized spacial score (nSPS) is 15.3. The molecule has 3 heterocycles. The number of rotatable bonds is 2. The lowest BCUT2D eigenvalue weighted by Crippen LogP contribution is -2.37. The van der Waals surface area contributed by atoms with Gasteiger partial charge in [0.25, 0.3) is 0 Å². The average Bonchev–Trinajstić information content (AvgIpc) is 2.99. The molecule has 0 amide bonds. The van der Waals surface area contributed by atoms with Gasteiger partial charge in [0.1, 0.15) is 17.2 Å². The zero-order valence-corrected chi connectivity index (χ0v) is 12.3. The van der Waals surface area contributed by atoms with Crippen LogP contribution in [-0.2, 0) is 4.74 Å². The van der Waals surface area contributed by atoms with Crippen molar-refractivity contribution in [3.63, 3.8) is 0 Å². The molecule has 0 aliphatic carbocycles. The highest BCUT2D eigenvalue weighted by Gasteiger charge is 2.20. The van der Waals surface area contributed by atoms with E-state index in [1.165, 1.54) is 6.07 Å². The van der Waals surface area contributed by atoms with Gasteiger partial charge in [0.15, 0.2) is 11.5 Å². The van der Waals surface area contributed by atoms with Crippen LogP contribution in [0.2, 0.25) is 0 Å². The van der Waals surface area contributed by atoms with Crippen molar-refractivity contribution in [2.24, 2.45) is 0 Å². The predicted molar refractivity (Wildman–Crippen MR) is 84.5 cm³/mol. The van der Waals surface area contributed by atoms with Gasteiger partial charge in [-0.2, -0.15) is 9.97 Å². The maximum absolute atomic E-state index is 14.0. The number of aromatic amines is 1. The number of ether oxygens (including phenoxy) is 1. The van der Waals surface area contributed by atoms with Gasteiger partial charge in [-0.25, -0.2) is 9.37 Å². The number of hydrogen-bond donors (Lipinski definition) is 2. The molecular weight excluding hydrogens is 299 g/mol. The highest BCUT2D eigenvalue weighted by Crippen LogP contribution is 2.28. The molecule has 1 aliphatic rings. The zero-order chi connectivity index (χ0) is 15.8. The van der Waals surface area contributed by atoms with Gasteiger partial charge in [-0.1, -0.05) is 12.1 Å². The Kier molecular flexibility index (Phi) is 3.30. The van der Waals surface area contributed by atoms with Crippen LogP contribution in [0.1, 0.15) is 0 Å². The van der Waals surface area contributed by atoms with E-state index in [9.17, 15) is 4.39 Å². The molecule has 1 fully saturated rings. The second-order valence-electron chi connectivity index (χ2n) is 5.27. The molecule has 2 aromatic heterocycles. The fourth-order valence-corrected chi connectivity index (χ4v) is 2.68. The van der Waals surface area contributed by atoms with Crippen molar-refractivity contribution in [2.75, 3.05) is 36.9 Å². The van der Waals surface area contributed by atoms with E-state index in [2.05, 4.69) is 24.8 Å². The van der Waals surface area contributed by atoms with E-state index in [4.69, 9.17) is 10.5 Å². The number of benzene rings is 1. The van der Waals surface area contributed by atoms with Crippen LogP contribution in [0.15, 0.2) is 24.3 Å². The molecule has 0 unspecified atom stereocenters.